The van der Waals surface area contributed by atoms with E-state index in [4.69, 9.17) is 0 Å². The van der Waals surface area contributed by atoms with E-state index in [2.05, 4.69) is 23.6 Å². The van der Waals surface area contributed by atoms with Gasteiger partial charge >= 0.3 is 0 Å². The third-order valence-corrected chi connectivity index (χ3v) is 3.80. The van der Waals surface area contributed by atoms with E-state index < -0.39 is 0 Å². The number of benzene rings is 1. The molecule has 0 radical (unpaired) electrons. The first-order chi connectivity index (χ1) is 9.22. The van der Waals surface area contributed by atoms with Gasteiger partial charge in [0.25, 0.3) is 0 Å². The quantitative estimate of drug-likeness (QED) is 0.757. The lowest BCUT2D eigenvalue weighted by Crippen LogP contribution is -2.37. The molecule has 1 fully saturated rings. The largest absolute Gasteiger partial charge is 0.334 e. The highest BCUT2D eigenvalue weighted by atomic mass is 16.2. The molecule has 0 bridgehead atoms. The summed E-state index contributed by atoms with van der Waals surface area (Å²) < 4.78 is 0. The number of rotatable bonds is 5. The van der Waals surface area contributed by atoms with Gasteiger partial charge in [0, 0.05) is 13.6 Å². The molecule has 3 heteroatoms. The molecule has 2 rings (SSSR count). The Bertz CT molecular complexity index is 424. The lowest BCUT2D eigenvalue weighted by atomic mass is 10.0. The molecule has 1 atom stereocenters. The summed E-state index contributed by atoms with van der Waals surface area (Å²) in [6, 6.07) is 10.3. The summed E-state index contributed by atoms with van der Waals surface area (Å²) in [6.45, 7) is 6.76. The van der Waals surface area contributed by atoms with Gasteiger partial charge in [-0.3, -0.25) is 4.79 Å². The molecule has 0 aliphatic carbocycles. The smallest absolute Gasteiger partial charge is 0.246 e. The van der Waals surface area contributed by atoms with Crippen LogP contribution in [-0.2, 0) is 4.79 Å². The number of amides is 1. The van der Waals surface area contributed by atoms with E-state index in [9.17, 15) is 4.79 Å². The third-order valence-electron chi connectivity index (χ3n) is 3.80. The monoisotopic (exact) mass is 258 g/mol. The summed E-state index contributed by atoms with van der Waals surface area (Å²) in [4.78, 5) is 16.1. The second-order valence-electron chi connectivity index (χ2n) is 5.09. The van der Waals surface area contributed by atoms with Crippen molar-refractivity contribution in [3.8, 4) is 0 Å². The van der Waals surface area contributed by atoms with Gasteiger partial charge in [-0.25, -0.2) is 0 Å². The summed E-state index contributed by atoms with van der Waals surface area (Å²) in [7, 11) is 1.86. The van der Waals surface area contributed by atoms with Crippen molar-refractivity contribution in [1.29, 1.82) is 0 Å². The van der Waals surface area contributed by atoms with Crippen LogP contribution in [0.5, 0.6) is 0 Å². The lowest BCUT2D eigenvalue weighted by Gasteiger charge is -2.31. The Balaban J connectivity index is 2.17. The molecule has 1 aromatic rings. The highest BCUT2D eigenvalue weighted by Gasteiger charge is 2.24. The van der Waals surface area contributed by atoms with Crippen LogP contribution in [0.25, 0.3) is 0 Å². The summed E-state index contributed by atoms with van der Waals surface area (Å²) in [5.74, 6) is -0.0203. The van der Waals surface area contributed by atoms with Crippen LogP contribution in [0, 0.1) is 0 Å². The Morgan fingerprint density at radius 2 is 2.00 bits per heavy atom. The number of likely N-dealkylation sites (tertiary alicyclic amines) is 1. The maximum absolute atomic E-state index is 11.9. The van der Waals surface area contributed by atoms with Crippen LogP contribution < -0.4 is 0 Å². The van der Waals surface area contributed by atoms with Gasteiger partial charge in [0.2, 0.25) is 5.91 Å². The van der Waals surface area contributed by atoms with E-state index in [1.807, 2.05) is 25.2 Å². The van der Waals surface area contributed by atoms with Gasteiger partial charge in [-0.05, 0) is 37.6 Å². The fourth-order valence-electron chi connectivity index (χ4n) is 2.63. The third kappa shape index (κ3) is 3.44. The van der Waals surface area contributed by atoms with Gasteiger partial charge in [0.05, 0.1) is 6.04 Å². The average molecular weight is 258 g/mol. The second kappa shape index (κ2) is 6.53. The summed E-state index contributed by atoms with van der Waals surface area (Å²) >= 11 is 0. The number of carbonyl (C=O) groups is 1. The Kier molecular flexibility index (Phi) is 4.74. The lowest BCUT2D eigenvalue weighted by molar-refractivity contribution is -0.127. The van der Waals surface area contributed by atoms with Crippen LogP contribution in [0.3, 0.4) is 0 Å². The number of likely N-dealkylation sites (N-methyl/N-ethyl adjacent to an activating group) is 1. The van der Waals surface area contributed by atoms with Crippen molar-refractivity contribution in [2.45, 2.75) is 18.9 Å². The minimum absolute atomic E-state index is 0.0203. The standard InChI is InChI=1S/C16H22N2O/c1-3-16(19)17(2)15(13-18-11-7-8-12-18)14-9-5-4-6-10-14/h3-6,9-10,15H,1,7-8,11-13H2,2H3/t15-/m1/s1. The topological polar surface area (TPSA) is 23.6 Å². The Hall–Kier alpha value is -1.61. The zero-order valence-corrected chi connectivity index (χ0v) is 11.6. The Labute approximate surface area is 115 Å². The summed E-state index contributed by atoms with van der Waals surface area (Å²) in [5, 5.41) is 0. The molecule has 1 aliphatic heterocycles. The number of nitrogens with zero attached hydrogens (tertiary/aromatic N) is 2. The first kappa shape index (κ1) is 13.8. The second-order valence-corrected chi connectivity index (χ2v) is 5.09. The van der Waals surface area contributed by atoms with Crippen LogP contribution in [0.2, 0.25) is 0 Å². The van der Waals surface area contributed by atoms with Gasteiger partial charge in [0.1, 0.15) is 0 Å². The molecule has 0 unspecified atom stereocenters. The average Bonchev–Trinajstić information content (AvgIpc) is 2.97. The zero-order chi connectivity index (χ0) is 13.7. The number of hydrogen-bond acceptors (Lipinski definition) is 2. The molecule has 1 saturated heterocycles. The molecule has 19 heavy (non-hydrogen) atoms. The van der Waals surface area contributed by atoms with Crippen molar-refractivity contribution in [2.75, 3.05) is 26.7 Å². The molecule has 1 aromatic carbocycles. The zero-order valence-electron chi connectivity index (χ0n) is 11.6. The maximum Gasteiger partial charge on any atom is 0.246 e. The number of carbonyl (C=O) groups excluding carboxylic acids is 1. The van der Waals surface area contributed by atoms with E-state index in [1.165, 1.54) is 24.5 Å². The predicted octanol–water partition coefficient (Wildman–Crippen LogP) is 2.47. The SMILES string of the molecule is C=CC(=O)N(C)[C@H](CN1CCCC1)c1ccccc1. The Morgan fingerprint density at radius 3 is 2.58 bits per heavy atom. The van der Waals surface area contributed by atoms with Gasteiger partial charge < -0.3 is 9.80 Å². The highest BCUT2D eigenvalue weighted by molar-refractivity contribution is 5.87. The van der Waals surface area contributed by atoms with E-state index in [-0.39, 0.29) is 11.9 Å². The van der Waals surface area contributed by atoms with Gasteiger partial charge in [0.15, 0.2) is 0 Å². The van der Waals surface area contributed by atoms with Crippen LogP contribution in [0.1, 0.15) is 24.4 Å². The van der Waals surface area contributed by atoms with E-state index >= 15 is 0 Å². The molecule has 1 heterocycles. The van der Waals surface area contributed by atoms with Crippen LogP contribution in [-0.4, -0.2) is 42.4 Å². The first-order valence-electron chi connectivity index (χ1n) is 6.89. The molecule has 1 amide bonds. The van der Waals surface area contributed by atoms with E-state index in [0.717, 1.165) is 19.6 Å². The fraction of sp³-hybridized carbons (Fsp3) is 0.438. The van der Waals surface area contributed by atoms with Crippen molar-refractivity contribution in [3.63, 3.8) is 0 Å². The van der Waals surface area contributed by atoms with Crippen molar-refractivity contribution in [1.82, 2.24) is 9.80 Å². The van der Waals surface area contributed by atoms with Crippen molar-refractivity contribution < 1.29 is 4.79 Å². The molecule has 0 saturated carbocycles. The van der Waals surface area contributed by atoms with Crippen LogP contribution >= 0.6 is 0 Å². The molecule has 1 aliphatic rings. The van der Waals surface area contributed by atoms with Crippen LogP contribution in [0.15, 0.2) is 43.0 Å². The van der Waals surface area contributed by atoms with Gasteiger partial charge in [-0.15, -0.1) is 0 Å². The summed E-state index contributed by atoms with van der Waals surface area (Å²) in [6.07, 6.45) is 3.92. The molecule has 3 nitrogen and oxygen atoms in total. The molecule has 0 spiro atoms. The van der Waals surface area contributed by atoms with Crippen LogP contribution in [0.4, 0.5) is 0 Å². The minimum atomic E-state index is -0.0203. The van der Waals surface area contributed by atoms with Gasteiger partial charge in [-0.1, -0.05) is 36.9 Å². The van der Waals surface area contributed by atoms with Crippen molar-refractivity contribution >= 4 is 5.91 Å². The minimum Gasteiger partial charge on any atom is -0.334 e. The van der Waals surface area contributed by atoms with E-state index in [1.54, 1.807) is 4.90 Å². The highest BCUT2D eigenvalue weighted by Crippen LogP contribution is 2.22. The van der Waals surface area contributed by atoms with Gasteiger partial charge in [-0.2, -0.15) is 0 Å². The van der Waals surface area contributed by atoms with E-state index in [0.29, 0.717) is 0 Å². The maximum atomic E-state index is 11.9. The molecular formula is C16H22N2O. The predicted molar refractivity (Wildman–Crippen MR) is 77.8 cm³/mol. The first-order valence-corrected chi connectivity index (χ1v) is 6.89. The van der Waals surface area contributed by atoms with Crippen molar-refractivity contribution in [2.24, 2.45) is 0 Å². The fourth-order valence-corrected chi connectivity index (χ4v) is 2.63. The summed E-state index contributed by atoms with van der Waals surface area (Å²) in [5.41, 5.74) is 1.19. The number of hydrogen-bond donors (Lipinski definition) is 0. The molecule has 0 N–H and O–H groups in total. The Morgan fingerprint density at radius 1 is 1.37 bits per heavy atom. The molecule has 102 valence electrons. The normalized spacial score (nSPS) is 17.1. The molecular weight excluding hydrogens is 236 g/mol. The van der Waals surface area contributed by atoms with Crippen molar-refractivity contribution in [3.05, 3.63) is 48.6 Å². The molecule has 0 aromatic heterocycles.